The monoisotopic (exact) mass is 286 g/mol. The lowest BCUT2D eigenvalue weighted by Crippen LogP contribution is -2.51. The van der Waals surface area contributed by atoms with E-state index in [2.05, 4.69) is 31.4 Å². The quantitative estimate of drug-likeness (QED) is 0.673. The summed E-state index contributed by atoms with van der Waals surface area (Å²) >= 11 is 0. The third kappa shape index (κ3) is 8.77. The summed E-state index contributed by atoms with van der Waals surface area (Å²) in [5.41, 5.74) is -0.214. The Kier molecular flexibility index (Phi) is 7.03. The highest BCUT2D eigenvalue weighted by molar-refractivity contribution is 5.76. The van der Waals surface area contributed by atoms with Crippen LogP contribution >= 0.6 is 0 Å². The Morgan fingerprint density at radius 1 is 1.15 bits per heavy atom. The van der Waals surface area contributed by atoms with Crippen molar-refractivity contribution in [3.05, 3.63) is 0 Å². The van der Waals surface area contributed by atoms with Crippen LogP contribution in [0.15, 0.2) is 0 Å². The highest BCUT2D eigenvalue weighted by Gasteiger charge is 2.27. The van der Waals surface area contributed by atoms with Gasteiger partial charge < -0.3 is 15.7 Å². The lowest BCUT2D eigenvalue weighted by atomic mass is 9.82. The van der Waals surface area contributed by atoms with Crippen molar-refractivity contribution in [3.63, 3.8) is 0 Å². The smallest absolute Gasteiger partial charge is 0.315 e. The summed E-state index contributed by atoms with van der Waals surface area (Å²) in [6, 6.07) is -0.304. The van der Waals surface area contributed by atoms with Crippen LogP contribution in [0.25, 0.3) is 0 Å². The number of rotatable bonds is 7. The Morgan fingerprint density at radius 2 is 1.70 bits per heavy atom. The zero-order valence-corrected chi connectivity index (χ0v) is 13.7. The van der Waals surface area contributed by atoms with E-state index in [-0.39, 0.29) is 23.5 Å². The maximum atomic E-state index is 11.9. The zero-order chi connectivity index (χ0) is 16.0. The molecule has 0 radical (unpaired) electrons. The highest BCUT2D eigenvalue weighted by atomic mass is 16.4. The summed E-state index contributed by atoms with van der Waals surface area (Å²) in [6.45, 7) is 12.4. The average Bonchev–Trinajstić information content (AvgIpc) is 2.19. The molecule has 0 rings (SSSR count). The minimum absolute atomic E-state index is 0.114. The summed E-state index contributed by atoms with van der Waals surface area (Å²) in [7, 11) is 0. The van der Waals surface area contributed by atoms with Crippen LogP contribution in [-0.2, 0) is 4.79 Å². The molecule has 0 heterocycles. The van der Waals surface area contributed by atoms with Gasteiger partial charge in [0.05, 0.1) is 5.92 Å². The fourth-order valence-electron chi connectivity index (χ4n) is 2.60. The first-order chi connectivity index (χ1) is 8.97. The van der Waals surface area contributed by atoms with Crippen molar-refractivity contribution in [2.24, 2.45) is 11.3 Å². The van der Waals surface area contributed by atoms with E-state index in [9.17, 15) is 9.59 Å². The van der Waals surface area contributed by atoms with Crippen molar-refractivity contribution in [2.75, 3.05) is 6.54 Å². The Morgan fingerprint density at radius 3 is 2.10 bits per heavy atom. The van der Waals surface area contributed by atoms with Crippen molar-refractivity contribution in [1.29, 1.82) is 0 Å². The lowest BCUT2D eigenvalue weighted by molar-refractivity contribution is -0.141. The van der Waals surface area contributed by atoms with Gasteiger partial charge in [0.1, 0.15) is 0 Å². The fraction of sp³-hybridized carbons (Fsp3) is 0.867. The van der Waals surface area contributed by atoms with E-state index in [1.807, 2.05) is 20.8 Å². The van der Waals surface area contributed by atoms with Gasteiger partial charge in [-0.1, -0.05) is 34.1 Å². The van der Waals surface area contributed by atoms with Gasteiger partial charge in [0.2, 0.25) is 0 Å². The third-order valence-corrected chi connectivity index (χ3v) is 2.92. The SMILES string of the molecule is CCCC(CNC(=O)NC(C)(C)CC(C)(C)C)C(=O)O. The number of hydrogen-bond acceptors (Lipinski definition) is 2. The van der Waals surface area contributed by atoms with Crippen molar-refractivity contribution < 1.29 is 14.7 Å². The summed E-state index contributed by atoms with van der Waals surface area (Å²) in [6.07, 6.45) is 2.20. The van der Waals surface area contributed by atoms with Gasteiger partial charge in [-0.3, -0.25) is 4.79 Å². The number of carbonyl (C=O) groups excluding carboxylic acids is 1. The van der Waals surface area contributed by atoms with E-state index >= 15 is 0 Å². The molecule has 118 valence electrons. The largest absolute Gasteiger partial charge is 0.481 e. The summed E-state index contributed by atoms with van der Waals surface area (Å²) in [5, 5.41) is 14.6. The molecule has 5 heteroatoms. The Bertz CT molecular complexity index is 333. The summed E-state index contributed by atoms with van der Waals surface area (Å²) in [4.78, 5) is 22.9. The molecule has 5 nitrogen and oxygen atoms in total. The van der Waals surface area contributed by atoms with E-state index in [4.69, 9.17) is 5.11 Å². The lowest BCUT2D eigenvalue weighted by Gasteiger charge is -2.33. The van der Waals surface area contributed by atoms with Crippen LogP contribution in [0.2, 0.25) is 0 Å². The number of urea groups is 1. The van der Waals surface area contributed by atoms with Gasteiger partial charge in [-0.05, 0) is 32.1 Å². The van der Waals surface area contributed by atoms with Crippen LogP contribution in [0.4, 0.5) is 4.79 Å². The van der Waals surface area contributed by atoms with Gasteiger partial charge in [0.15, 0.2) is 0 Å². The second-order valence-corrected chi connectivity index (χ2v) is 7.28. The van der Waals surface area contributed by atoms with Crippen LogP contribution in [0.3, 0.4) is 0 Å². The minimum Gasteiger partial charge on any atom is -0.481 e. The highest BCUT2D eigenvalue weighted by Crippen LogP contribution is 2.26. The molecule has 3 N–H and O–H groups in total. The number of hydrogen-bond donors (Lipinski definition) is 3. The molecule has 0 aliphatic rings. The number of carboxylic acid groups (broad SMARTS) is 1. The number of amides is 2. The predicted octanol–water partition coefficient (Wildman–Crippen LogP) is 3.00. The maximum absolute atomic E-state index is 11.9. The zero-order valence-electron chi connectivity index (χ0n) is 13.7. The maximum Gasteiger partial charge on any atom is 0.315 e. The molecule has 0 saturated carbocycles. The molecule has 0 bridgehead atoms. The summed E-state index contributed by atoms with van der Waals surface area (Å²) < 4.78 is 0. The van der Waals surface area contributed by atoms with Gasteiger partial charge in [0.25, 0.3) is 0 Å². The molecule has 0 aromatic rings. The molecule has 1 atom stereocenters. The number of carbonyl (C=O) groups is 2. The van der Waals surface area contributed by atoms with Crippen molar-refractivity contribution in [1.82, 2.24) is 10.6 Å². The van der Waals surface area contributed by atoms with Gasteiger partial charge in [0, 0.05) is 12.1 Å². The molecule has 1 unspecified atom stereocenters. The Balaban J connectivity index is 4.31. The van der Waals surface area contributed by atoms with E-state index in [0.29, 0.717) is 6.42 Å². The van der Waals surface area contributed by atoms with Gasteiger partial charge in [-0.15, -0.1) is 0 Å². The normalized spacial score (nSPS) is 13.7. The number of carboxylic acids is 1. The van der Waals surface area contributed by atoms with Crippen molar-refractivity contribution in [2.45, 2.75) is 66.3 Å². The van der Waals surface area contributed by atoms with Crippen LogP contribution in [0.1, 0.15) is 60.8 Å². The molecule has 0 saturated heterocycles. The second-order valence-electron chi connectivity index (χ2n) is 7.28. The molecule has 0 aromatic heterocycles. The first kappa shape index (κ1) is 18.7. The van der Waals surface area contributed by atoms with Crippen LogP contribution < -0.4 is 10.6 Å². The second kappa shape index (κ2) is 7.50. The van der Waals surface area contributed by atoms with E-state index in [0.717, 1.165) is 12.8 Å². The van der Waals surface area contributed by atoms with Crippen LogP contribution in [-0.4, -0.2) is 29.2 Å². The van der Waals surface area contributed by atoms with E-state index < -0.39 is 11.9 Å². The van der Waals surface area contributed by atoms with Crippen molar-refractivity contribution >= 4 is 12.0 Å². The average molecular weight is 286 g/mol. The van der Waals surface area contributed by atoms with E-state index in [1.54, 1.807) is 0 Å². The topological polar surface area (TPSA) is 78.4 Å². The van der Waals surface area contributed by atoms with Gasteiger partial charge >= 0.3 is 12.0 Å². The van der Waals surface area contributed by atoms with Crippen LogP contribution in [0.5, 0.6) is 0 Å². The standard InChI is InChI=1S/C15H30N2O3/c1-7-8-11(12(18)19)9-16-13(20)17-15(5,6)10-14(2,3)4/h11H,7-10H2,1-6H3,(H,18,19)(H2,16,17,20). The summed E-state index contributed by atoms with van der Waals surface area (Å²) in [5.74, 6) is -1.38. The first-order valence-electron chi connectivity index (χ1n) is 7.25. The Labute approximate surface area is 122 Å². The molecule has 2 amide bonds. The Hall–Kier alpha value is -1.26. The van der Waals surface area contributed by atoms with E-state index in [1.165, 1.54) is 0 Å². The predicted molar refractivity (Wildman–Crippen MR) is 80.7 cm³/mol. The molecule has 0 aliphatic heterocycles. The fourth-order valence-corrected chi connectivity index (χ4v) is 2.60. The number of aliphatic carboxylic acids is 1. The molecule has 0 aliphatic carbocycles. The van der Waals surface area contributed by atoms with Gasteiger partial charge in [-0.25, -0.2) is 4.79 Å². The van der Waals surface area contributed by atoms with Crippen molar-refractivity contribution in [3.8, 4) is 0 Å². The molecular weight excluding hydrogens is 256 g/mol. The molecule has 0 spiro atoms. The first-order valence-corrected chi connectivity index (χ1v) is 7.25. The molecule has 0 aromatic carbocycles. The van der Waals surface area contributed by atoms with Gasteiger partial charge in [-0.2, -0.15) is 0 Å². The molecule has 20 heavy (non-hydrogen) atoms. The number of nitrogens with one attached hydrogen (secondary N) is 2. The molecular formula is C15H30N2O3. The molecule has 0 fully saturated rings. The van der Waals surface area contributed by atoms with Crippen LogP contribution in [0, 0.1) is 11.3 Å². The third-order valence-electron chi connectivity index (χ3n) is 2.92. The minimum atomic E-state index is -0.860.